The molecule has 2 fully saturated rings. The molecule has 29 heavy (non-hydrogen) atoms. The lowest BCUT2D eigenvalue weighted by molar-refractivity contribution is -0.140. The molecule has 0 unspecified atom stereocenters. The topological polar surface area (TPSA) is 66.8 Å². The highest BCUT2D eigenvalue weighted by atomic mass is 35.5. The van der Waals surface area contributed by atoms with Crippen molar-refractivity contribution in [3.05, 3.63) is 76.1 Å². The first-order valence-corrected chi connectivity index (χ1v) is 9.75. The molecule has 5 nitrogen and oxygen atoms in total. The molecule has 0 aliphatic carbocycles. The van der Waals surface area contributed by atoms with Gasteiger partial charge in [-0.2, -0.15) is 0 Å². The number of hydrogen-bond donors (Lipinski definition) is 1. The zero-order chi connectivity index (χ0) is 20.5. The van der Waals surface area contributed by atoms with Crippen LogP contribution in [0.2, 0.25) is 5.02 Å². The molecule has 150 valence electrons. The van der Waals surface area contributed by atoms with Crippen LogP contribution in [-0.2, 0) is 14.3 Å². The van der Waals surface area contributed by atoms with Gasteiger partial charge >= 0.3 is 0 Å². The first-order valence-electron chi connectivity index (χ1n) is 9.37. The van der Waals surface area contributed by atoms with E-state index in [1.807, 2.05) is 0 Å². The first-order chi connectivity index (χ1) is 14.0. The van der Waals surface area contributed by atoms with E-state index >= 15 is 0 Å². The summed E-state index contributed by atoms with van der Waals surface area (Å²) in [6.07, 6.45) is 1.50. The number of ketones is 1. The fraction of sp³-hybridized carbons (Fsp3) is 0.273. The number of Topliss-reactive ketones (excluding diaryl/α,β-unsaturated/α-hetero) is 1. The quantitative estimate of drug-likeness (QED) is 0.464. The number of aliphatic hydroxyl groups excluding tert-OH is 1. The molecule has 2 aliphatic rings. The molecule has 1 amide bonds. The lowest BCUT2D eigenvalue weighted by Crippen LogP contribution is -2.36. The van der Waals surface area contributed by atoms with Gasteiger partial charge in [-0.1, -0.05) is 23.7 Å². The van der Waals surface area contributed by atoms with Crippen LogP contribution in [0, 0.1) is 5.82 Å². The Labute approximate surface area is 172 Å². The van der Waals surface area contributed by atoms with E-state index in [0.29, 0.717) is 22.8 Å². The Morgan fingerprint density at radius 1 is 1.14 bits per heavy atom. The van der Waals surface area contributed by atoms with Crippen molar-refractivity contribution in [3.63, 3.8) is 0 Å². The maximum absolute atomic E-state index is 13.5. The van der Waals surface area contributed by atoms with Gasteiger partial charge in [-0.25, -0.2) is 4.39 Å². The van der Waals surface area contributed by atoms with Crippen molar-refractivity contribution in [2.45, 2.75) is 25.0 Å². The van der Waals surface area contributed by atoms with Crippen molar-refractivity contribution in [2.75, 3.05) is 13.2 Å². The monoisotopic (exact) mass is 415 g/mol. The number of aliphatic hydroxyl groups is 1. The standard InChI is InChI=1S/C22H19ClFNO4/c23-15-7-3-14(4-8-15)20(26)18-19(13-5-9-16(24)10-6-13)25(22(28)21(18)27)12-17-2-1-11-29-17/h3-10,17,19,26H,1-2,11-12H2/t17-,19-/m1/s1. The Bertz CT molecular complexity index is 965. The molecule has 4 rings (SSSR count). The average Bonchev–Trinajstić information content (AvgIpc) is 3.31. The minimum atomic E-state index is -0.824. The van der Waals surface area contributed by atoms with E-state index < -0.39 is 23.5 Å². The molecule has 0 aromatic heterocycles. The second-order valence-corrected chi connectivity index (χ2v) is 7.58. The summed E-state index contributed by atoms with van der Waals surface area (Å²) in [5, 5.41) is 11.4. The second kappa shape index (κ2) is 7.97. The second-order valence-electron chi connectivity index (χ2n) is 7.14. The lowest BCUT2D eigenvalue weighted by atomic mass is 9.95. The lowest BCUT2D eigenvalue weighted by Gasteiger charge is -2.27. The molecule has 7 heteroatoms. The van der Waals surface area contributed by atoms with Crippen LogP contribution in [0.15, 0.2) is 54.1 Å². The van der Waals surface area contributed by atoms with Gasteiger partial charge in [-0.05, 0) is 54.8 Å². The van der Waals surface area contributed by atoms with Crippen LogP contribution >= 0.6 is 11.6 Å². The zero-order valence-corrected chi connectivity index (χ0v) is 16.2. The fourth-order valence-corrected chi connectivity index (χ4v) is 3.96. The normalized spacial score (nSPS) is 23.7. The van der Waals surface area contributed by atoms with Gasteiger partial charge in [-0.15, -0.1) is 0 Å². The molecule has 0 saturated carbocycles. The Morgan fingerprint density at radius 2 is 1.83 bits per heavy atom. The molecule has 0 radical (unpaired) electrons. The van der Waals surface area contributed by atoms with Crippen LogP contribution in [0.25, 0.3) is 5.76 Å². The SMILES string of the molecule is O=C1C(=O)N(C[C@H]2CCCO2)[C@H](c2ccc(F)cc2)C1=C(O)c1ccc(Cl)cc1. The number of benzene rings is 2. The first kappa shape index (κ1) is 19.6. The summed E-state index contributed by atoms with van der Waals surface area (Å²) >= 11 is 5.91. The van der Waals surface area contributed by atoms with Crippen molar-refractivity contribution < 1.29 is 23.8 Å². The largest absolute Gasteiger partial charge is 0.507 e. The van der Waals surface area contributed by atoms with E-state index in [4.69, 9.17) is 16.3 Å². The number of carbonyl (C=O) groups excluding carboxylic acids is 2. The molecule has 2 aliphatic heterocycles. The summed E-state index contributed by atoms with van der Waals surface area (Å²) in [6, 6.07) is 11.1. The number of likely N-dealkylation sites (tertiary alicyclic amines) is 1. The van der Waals surface area contributed by atoms with E-state index in [-0.39, 0.29) is 24.0 Å². The predicted molar refractivity (Wildman–Crippen MR) is 106 cm³/mol. The van der Waals surface area contributed by atoms with E-state index in [1.165, 1.54) is 29.2 Å². The summed E-state index contributed by atoms with van der Waals surface area (Å²) in [7, 11) is 0. The van der Waals surface area contributed by atoms with Gasteiger partial charge in [0.25, 0.3) is 11.7 Å². The van der Waals surface area contributed by atoms with Crippen molar-refractivity contribution in [3.8, 4) is 0 Å². The van der Waals surface area contributed by atoms with Gasteiger partial charge in [0, 0.05) is 23.7 Å². The zero-order valence-electron chi connectivity index (χ0n) is 15.5. The van der Waals surface area contributed by atoms with Crippen LogP contribution in [0.3, 0.4) is 0 Å². The van der Waals surface area contributed by atoms with Crippen LogP contribution in [0.5, 0.6) is 0 Å². The molecule has 2 saturated heterocycles. The Balaban J connectivity index is 1.81. The predicted octanol–water partition coefficient (Wildman–Crippen LogP) is 4.08. The van der Waals surface area contributed by atoms with Crippen LogP contribution in [0.4, 0.5) is 4.39 Å². The molecular weight excluding hydrogens is 397 g/mol. The highest BCUT2D eigenvalue weighted by Crippen LogP contribution is 2.40. The van der Waals surface area contributed by atoms with E-state index in [0.717, 1.165) is 12.8 Å². The van der Waals surface area contributed by atoms with Gasteiger partial charge in [0.15, 0.2) is 0 Å². The summed E-state index contributed by atoms with van der Waals surface area (Å²) in [5.74, 6) is -2.19. The fourth-order valence-electron chi connectivity index (χ4n) is 3.83. The van der Waals surface area contributed by atoms with Crippen molar-refractivity contribution in [1.29, 1.82) is 0 Å². The molecule has 1 N–H and O–H groups in total. The number of nitrogens with zero attached hydrogens (tertiary/aromatic N) is 1. The summed E-state index contributed by atoms with van der Waals surface area (Å²) in [4.78, 5) is 27.1. The van der Waals surface area contributed by atoms with E-state index in [9.17, 15) is 19.1 Å². The molecule has 2 aromatic rings. The van der Waals surface area contributed by atoms with Gasteiger partial charge < -0.3 is 14.7 Å². The highest BCUT2D eigenvalue weighted by molar-refractivity contribution is 6.46. The van der Waals surface area contributed by atoms with Crippen LogP contribution < -0.4 is 0 Å². The maximum atomic E-state index is 13.5. The number of hydrogen-bond acceptors (Lipinski definition) is 4. The Kier molecular flexibility index (Phi) is 5.39. The molecule has 2 aromatic carbocycles. The Hall–Kier alpha value is -2.70. The van der Waals surface area contributed by atoms with Gasteiger partial charge in [0.2, 0.25) is 0 Å². The number of carbonyl (C=O) groups is 2. The van der Waals surface area contributed by atoms with Crippen molar-refractivity contribution in [2.24, 2.45) is 0 Å². The summed E-state index contributed by atoms with van der Waals surface area (Å²) in [5.41, 5.74) is 0.887. The molecular formula is C22H19ClFNO4. The third kappa shape index (κ3) is 3.78. The maximum Gasteiger partial charge on any atom is 0.295 e. The van der Waals surface area contributed by atoms with Crippen molar-refractivity contribution in [1.82, 2.24) is 4.90 Å². The molecule has 2 heterocycles. The number of halogens is 2. The van der Waals surface area contributed by atoms with Crippen molar-refractivity contribution >= 4 is 29.1 Å². The molecule has 0 bridgehead atoms. The minimum Gasteiger partial charge on any atom is -0.507 e. The smallest absolute Gasteiger partial charge is 0.295 e. The number of amides is 1. The van der Waals surface area contributed by atoms with Crippen LogP contribution in [-0.4, -0.2) is 41.0 Å². The molecule has 0 spiro atoms. The van der Waals surface area contributed by atoms with E-state index in [2.05, 4.69) is 0 Å². The molecule has 2 atom stereocenters. The van der Waals surface area contributed by atoms with Gasteiger partial charge in [-0.3, -0.25) is 9.59 Å². The minimum absolute atomic E-state index is 0.0260. The van der Waals surface area contributed by atoms with E-state index in [1.54, 1.807) is 24.3 Å². The number of rotatable bonds is 4. The highest BCUT2D eigenvalue weighted by Gasteiger charge is 2.47. The van der Waals surface area contributed by atoms with Gasteiger partial charge in [0.05, 0.1) is 17.7 Å². The summed E-state index contributed by atoms with van der Waals surface area (Å²) < 4.78 is 19.1. The average molecular weight is 416 g/mol. The number of ether oxygens (including phenoxy) is 1. The summed E-state index contributed by atoms with van der Waals surface area (Å²) in [6.45, 7) is 0.838. The van der Waals surface area contributed by atoms with Gasteiger partial charge in [0.1, 0.15) is 11.6 Å². The third-order valence-electron chi connectivity index (χ3n) is 5.27. The Morgan fingerprint density at radius 3 is 2.45 bits per heavy atom. The third-order valence-corrected chi connectivity index (χ3v) is 5.52. The van der Waals surface area contributed by atoms with Crippen LogP contribution in [0.1, 0.15) is 30.0 Å².